The highest BCUT2D eigenvalue weighted by molar-refractivity contribution is 5.86. The van der Waals surface area contributed by atoms with E-state index < -0.39 is 0 Å². The molecule has 7 heteroatoms. The van der Waals surface area contributed by atoms with E-state index in [4.69, 9.17) is 15.0 Å². The maximum Gasteiger partial charge on any atom is 0.305 e. The minimum atomic E-state index is -0.385. The van der Waals surface area contributed by atoms with Crippen molar-refractivity contribution in [1.29, 1.82) is 5.26 Å². The number of aromatic nitrogens is 2. The lowest BCUT2D eigenvalue weighted by molar-refractivity contribution is -0.143. The second-order valence-electron chi connectivity index (χ2n) is 8.75. The number of nitrogens with zero attached hydrogens (tertiary/aromatic N) is 4. The number of imidazole rings is 1. The number of rotatable bonds is 8. The van der Waals surface area contributed by atoms with Gasteiger partial charge in [-0.15, -0.1) is 0 Å². The van der Waals surface area contributed by atoms with Crippen LogP contribution in [0, 0.1) is 11.3 Å². The van der Waals surface area contributed by atoms with Crippen LogP contribution in [0.3, 0.4) is 0 Å². The number of ether oxygens (including phenoxy) is 1. The summed E-state index contributed by atoms with van der Waals surface area (Å²) in [5.74, 6) is 0.337. The summed E-state index contributed by atoms with van der Waals surface area (Å²) in [4.78, 5) is 32.1. The van der Waals surface area contributed by atoms with E-state index in [1.54, 1.807) is 6.92 Å². The largest absolute Gasteiger partial charge is 0.466 e. The Morgan fingerprint density at radius 2 is 1.88 bits per heavy atom. The summed E-state index contributed by atoms with van der Waals surface area (Å²) >= 11 is 0. The van der Waals surface area contributed by atoms with Gasteiger partial charge in [0, 0.05) is 33.0 Å². The summed E-state index contributed by atoms with van der Waals surface area (Å²) in [7, 11) is 1.98. The number of benzene rings is 2. The van der Waals surface area contributed by atoms with Crippen molar-refractivity contribution in [2.75, 3.05) is 19.7 Å². The molecule has 0 aliphatic carbocycles. The standard InChI is InChI=1S/C27H30N4O3/c1-3-34-26(32)13-11-22(27(33)31-14-4-5-15-31)21-10-12-23-24(17-21)30(2)25(29-23)16-19-6-8-20(18-28)9-7-19/h6-10,12,17,22H,3-5,11,13-16H2,1-2H3. The first kappa shape index (κ1) is 23.5. The first-order valence-electron chi connectivity index (χ1n) is 11.9. The van der Waals surface area contributed by atoms with Crippen LogP contribution >= 0.6 is 0 Å². The van der Waals surface area contributed by atoms with Gasteiger partial charge in [-0.3, -0.25) is 9.59 Å². The van der Waals surface area contributed by atoms with Gasteiger partial charge in [0.1, 0.15) is 5.82 Å². The Labute approximate surface area is 200 Å². The Hall–Kier alpha value is -3.66. The van der Waals surface area contributed by atoms with Crippen molar-refractivity contribution in [2.24, 2.45) is 7.05 Å². The van der Waals surface area contributed by atoms with Crippen molar-refractivity contribution >= 4 is 22.9 Å². The molecule has 0 radical (unpaired) electrons. The van der Waals surface area contributed by atoms with Gasteiger partial charge in [0.25, 0.3) is 0 Å². The molecule has 1 fully saturated rings. The highest BCUT2D eigenvalue weighted by Crippen LogP contribution is 2.29. The van der Waals surface area contributed by atoms with Crippen LogP contribution in [0.1, 0.15) is 61.0 Å². The maximum absolute atomic E-state index is 13.4. The third-order valence-corrected chi connectivity index (χ3v) is 6.50. The van der Waals surface area contributed by atoms with E-state index >= 15 is 0 Å². The van der Waals surface area contributed by atoms with Crippen LogP contribution in [0.4, 0.5) is 0 Å². The third-order valence-electron chi connectivity index (χ3n) is 6.50. The predicted octanol–water partition coefficient (Wildman–Crippen LogP) is 4.09. The molecule has 0 N–H and O–H groups in total. The normalized spacial score (nSPS) is 14.2. The molecular weight excluding hydrogens is 428 g/mol. The Morgan fingerprint density at radius 3 is 2.56 bits per heavy atom. The van der Waals surface area contributed by atoms with Crippen LogP contribution in [0.25, 0.3) is 11.0 Å². The molecule has 0 spiro atoms. The Bertz CT molecular complexity index is 1220. The number of fused-ring (bicyclic) bond motifs is 1. The van der Waals surface area contributed by atoms with Crippen LogP contribution in [0.15, 0.2) is 42.5 Å². The molecule has 34 heavy (non-hydrogen) atoms. The SMILES string of the molecule is CCOC(=O)CCC(C(=O)N1CCCC1)c1ccc2nc(Cc3ccc(C#N)cc3)n(C)c2c1. The van der Waals surface area contributed by atoms with Crippen molar-refractivity contribution < 1.29 is 14.3 Å². The highest BCUT2D eigenvalue weighted by Gasteiger charge is 2.29. The summed E-state index contributed by atoms with van der Waals surface area (Å²) < 4.78 is 7.16. The second-order valence-corrected chi connectivity index (χ2v) is 8.75. The lowest BCUT2D eigenvalue weighted by Crippen LogP contribution is -2.33. The van der Waals surface area contributed by atoms with Crippen LogP contribution in [-0.2, 0) is 27.8 Å². The van der Waals surface area contributed by atoms with E-state index in [0.29, 0.717) is 25.0 Å². The van der Waals surface area contributed by atoms with E-state index in [2.05, 4.69) is 10.6 Å². The van der Waals surface area contributed by atoms with Crippen molar-refractivity contribution in [2.45, 2.75) is 44.9 Å². The fourth-order valence-electron chi connectivity index (χ4n) is 4.60. The molecule has 176 valence electrons. The smallest absolute Gasteiger partial charge is 0.305 e. The third kappa shape index (κ3) is 5.12. The number of nitriles is 1. The number of esters is 1. The second kappa shape index (κ2) is 10.5. The minimum Gasteiger partial charge on any atom is -0.466 e. The van der Waals surface area contributed by atoms with Crippen LogP contribution in [0.5, 0.6) is 0 Å². The molecular formula is C27H30N4O3. The Kier molecular flexibility index (Phi) is 7.27. The van der Waals surface area contributed by atoms with Crippen LogP contribution in [0.2, 0.25) is 0 Å². The van der Waals surface area contributed by atoms with Crippen molar-refractivity contribution in [3.63, 3.8) is 0 Å². The van der Waals surface area contributed by atoms with Gasteiger partial charge in [0.2, 0.25) is 5.91 Å². The van der Waals surface area contributed by atoms with Crippen molar-refractivity contribution in [3.05, 3.63) is 65.0 Å². The molecule has 1 aliphatic rings. The van der Waals surface area contributed by atoms with Gasteiger partial charge in [-0.25, -0.2) is 4.98 Å². The highest BCUT2D eigenvalue weighted by atomic mass is 16.5. The van der Waals surface area contributed by atoms with Gasteiger partial charge in [-0.2, -0.15) is 5.26 Å². The molecule has 1 aliphatic heterocycles. The molecule has 1 atom stereocenters. The Balaban J connectivity index is 1.61. The molecule has 1 amide bonds. The van der Waals surface area contributed by atoms with Gasteiger partial charge in [0.15, 0.2) is 0 Å². The maximum atomic E-state index is 13.4. The number of aryl methyl sites for hydroxylation is 1. The molecule has 0 bridgehead atoms. The number of carbonyl (C=O) groups is 2. The van der Waals surface area contributed by atoms with E-state index in [9.17, 15) is 9.59 Å². The summed E-state index contributed by atoms with van der Waals surface area (Å²) in [5.41, 5.74) is 4.44. The topological polar surface area (TPSA) is 88.2 Å². The summed E-state index contributed by atoms with van der Waals surface area (Å²) in [6.45, 7) is 3.68. The van der Waals surface area contributed by atoms with Gasteiger partial charge >= 0.3 is 5.97 Å². The zero-order chi connectivity index (χ0) is 24.1. The first-order chi connectivity index (χ1) is 16.5. The summed E-state index contributed by atoms with van der Waals surface area (Å²) in [5, 5.41) is 9.01. The van der Waals surface area contributed by atoms with E-state index in [1.165, 1.54) is 0 Å². The first-order valence-corrected chi connectivity index (χ1v) is 11.9. The van der Waals surface area contributed by atoms with Gasteiger partial charge in [-0.05, 0) is 61.6 Å². The number of likely N-dealkylation sites (tertiary alicyclic amines) is 1. The predicted molar refractivity (Wildman–Crippen MR) is 129 cm³/mol. The van der Waals surface area contributed by atoms with Gasteiger partial charge in [-0.1, -0.05) is 18.2 Å². The number of hydrogen-bond donors (Lipinski definition) is 0. The van der Waals surface area contributed by atoms with Gasteiger partial charge in [0.05, 0.1) is 35.2 Å². The average molecular weight is 459 g/mol. The number of hydrogen-bond acceptors (Lipinski definition) is 5. The number of carbonyl (C=O) groups excluding carboxylic acids is 2. The Morgan fingerprint density at radius 1 is 1.15 bits per heavy atom. The molecule has 3 aromatic rings. The molecule has 1 unspecified atom stereocenters. The molecule has 2 heterocycles. The fourth-order valence-corrected chi connectivity index (χ4v) is 4.60. The molecule has 7 nitrogen and oxygen atoms in total. The van der Waals surface area contributed by atoms with Crippen molar-refractivity contribution in [1.82, 2.24) is 14.5 Å². The van der Waals surface area contributed by atoms with Gasteiger partial charge < -0.3 is 14.2 Å². The summed E-state index contributed by atoms with van der Waals surface area (Å²) in [6.07, 6.45) is 3.33. The fraction of sp³-hybridized carbons (Fsp3) is 0.407. The van der Waals surface area contributed by atoms with Crippen LogP contribution in [-0.4, -0.2) is 46.0 Å². The lowest BCUT2D eigenvalue weighted by atomic mass is 9.92. The monoisotopic (exact) mass is 458 g/mol. The minimum absolute atomic E-state index is 0.0844. The molecule has 1 saturated heterocycles. The van der Waals surface area contributed by atoms with E-state index in [0.717, 1.165) is 53.9 Å². The molecule has 1 aromatic heterocycles. The lowest BCUT2D eigenvalue weighted by Gasteiger charge is -2.23. The van der Waals surface area contributed by atoms with Crippen LogP contribution < -0.4 is 0 Å². The van der Waals surface area contributed by atoms with Crippen molar-refractivity contribution in [3.8, 4) is 6.07 Å². The van der Waals surface area contributed by atoms with E-state index in [-0.39, 0.29) is 24.2 Å². The molecule has 0 saturated carbocycles. The summed E-state index contributed by atoms with van der Waals surface area (Å²) in [6, 6.07) is 15.6. The zero-order valence-electron chi connectivity index (χ0n) is 19.8. The zero-order valence-corrected chi connectivity index (χ0v) is 19.8. The molecule has 4 rings (SSSR count). The molecule has 2 aromatic carbocycles. The number of amides is 1. The van der Waals surface area contributed by atoms with E-state index in [1.807, 2.05) is 54.4 Å². The quantitative estimate of drug-likeness (QED) is 0.475. The average Bonchev–Trinajstić information content (AvgIpc) is 3.49.